The van der Waals surface area contributed by atoms with Crippen molar-refractivity contribution >= 4 is 21.2 Å². The fraction of sp³-hybridized carbons (Fsp3) is 0. The van der Waals surface area contributed by atoms with Crippen LogP contribution in [0.3, 0.4) is 0 Å². The van der Waals surface area contributed by atoms with E-state index in [2.05, 4.69) is 4.18 Å². The van der Waals surface area contributed by atoms with Gasteiger partial charge in [0.15, 0.2) is 11.5 Å². The largest absolute Gasteiger partial charge is 1.00 e. The fourth-order valence-corrected chi connectivity index (χ4v) is 1.76. The Morgan fingerprint density at radius 2 is 1.56 bits per heavy atom. The molecule has 8 heteroatoms. The third kappa shape index (κ3) is 3.50. The maximum absolute atomic E-state index is 10.4. The van der Waals surface area contributed by atoms with Gasteiger partial charge in [0.25, 0.3) is 10.4 Å². The van der Waals surface area contributed by atoms with E-state index in [0.717, 1.165) is 0 Å². The van der Waals surface area contributed by atoms with Crippen LogP contribution >= 0.6 is 0 Å². The van der Waals surface area contributed by atoms with Crippen molar-refractivity contribution in [2.45, 2.75) is 0 Å². The Bertz CT molecular complexity index is 682. The molecule has 0 aliphatic rings. The molecule has 2 N–H and O–H groups in total. The second kappa shape index (κ2) is 5.33. The second-order valence-electron chi connectivity index (χ2n) is 3.34. The summed E-state index contributed by atoms with van der Waals surface area (Å²) in [5.74, 6) is -0.792. The van der Waals surface area contributed by atoms with Crippen LogP contribution in [0.15, 0.2) is 30.3 Å². The quantitative estimate of drug-likeness (QED) is 0.287. The van der Waals surface area contributed by atoms with Crippen LogP contribution in [0.2, 0.25) is 0 Å². The molecule has 6 nitrogen and oxygen atoms in total. The van der Waals surface area contributed by atoms with E-state index in [-0.39, 0.29) is 46.8 Å². The van der Waals surface area contributed by atoms with E-state index in [4.69, 9.17) is 0 Å². The summed E-state index contributed by atoms with van der Waals surface area (Å²) in [7, 11) is -4.83. The first-order valence-electron chi connectivity index (χ1n) is 4.46. The van der Waals surface area contributed by atoms with Gasteiger partial charge in [-0.15, -0.1) is 0 Å². The van der Waals surface area contributed by atoms with Gasteiger partial charge in [0.2, 0.25) is 0 Å². The van der Waals surface area contributed by atoms with E-state index in [1.165, 1.54) is 30.3 Å². The third-order valence-electron chi connectivity index (χ3n) is 2.10. The van der Waals surface area contributed by atoms with Crippen molar-refractivity contribution in [2.75, 3.05) is 0 Å². The van der Waals surface area contributed by atoms with Gasteiger partial charge in [-0.3, -0.25) is 0 Å². The van der Waals surface area contributed by atoms with Crippen LogP contribution in [0.25, 0.3) is 10.8 Å². The van der Waals surface area contributed by atoms with Crippen molar-refractivity contribution in [1.82, 2.24) is 0 Å². The molecule has 2 aromatic carbocycles. The Morgan fingerprint density at radius 3 is 2.11 bits per heavy atom. The van der Waals surface area contributed by atoms with Gasteiger partial charge in [-0.05, 0) is 35.0 Å². The van der Waals surface area contributed by atoms with Gasteiger partial charge in [-0.1, -0.05) is 6.07 Å². The molecule has 0 atom stereocenters. The minimum atomic E-state index is -4.83. The van der Waals surface area contributed by atoms with Gasteiger partial charge in [0, 0.05) is 0 Å². The van der Waals surface area contributed by atoms with Gasteiger partial charge in [-0.25, -0.2) is 8.42 Å². The summed E-state index contributed by atoms with van der Waals surface area (Å²) in [5.41, 5.74) is 0. The molecule has 0 radical (unpaired) electrons. The van der Waals surface area contributed by atoms with E-state index in [0.29, 0.717) is 10.8 Å². The summed E-state index contributed by atoms with van der Waals surface area (Å²) < 4.78 is 35.3. The van der Waals surface area contributed by atoms with Crippen LogP contribution in [0.5, 0.6) is 17.2 Å². The summed E-state index contributed by atoms with van der Waals surface area (Å²) in [4.78, 5) is 0. The Hall–Kier alpha value is -0.990. The minimum absolute atomic E-state index is 0. The number of phenols is 2. The molecule has 0 saturated carbocycles. The Labute approximate surface area is 125 Å². The molecule has 0 fully saturated rings. The molecule has 0 aromatic heterocycles. The first-order chi connectivity index (χ1) is 7.85. The number of hydrogen-bond donors (Lipinski definition) is 2. The maximum atomic E-state index is 10.4. The van der Waals surface area contributed by atoms with Crippen molar-refractivity contribution in [2.24, 2.45) is 0 Å². The van der Waals surface area contributed by atoms with Crippen LogP contribution in [0.1, 0.15) is 0 Å². The molecule has 18 heavy (non-hydrogen) atoms. The number of benzene rings is 2. The van der Waals surface area contributed by atoms with Gasteiger partial charge in [0.05, 0.1) is 0 Å². The molecule has 0 spiro atoms. The first kappa shape index (κ1) is 15.1. The standard InChI is InChI=1S/C10H8O6S.Na/c11-9-4-6-1-2-8(16-17(13,14)15)3-7(6)5-10(9)12;/h1-5,11-12H,(H,13,14,15);/q;+1/p-1. The maximum Gasteiger partial charge on any atom is 1.00 e. The van der Waals surface area contributed by atoms with Crippen molar-refractivity contribution in [1.29, 1.82) is 0 Å². The molecule has 0 heterocycles. The van der Waals surface area contributed by atoms with E-state index < -0.39 is 10.4 Å². The Balaban J connectivity index is 0.00000162. The molecule has 0 saturated heterocycles. The summed E-state index contributed by atoms with van der Waals surface area (Å²) in [6, 6.07) is 6.53. The van der Waals surface area contributed by atoms with Crippen LogP contribution in [0, 0.1) is 0 Å². The van der Waals surface area contributed by atoms with Gasteiger partial charge < -0.3 is 18.9 Å². The summed E-state index contributed by atoms with van der Waals surface area (Å²) in [6.45, 7) is 0. The van der Waals surface area contributed by atoms with E-state index >= 15 is 0 Å². The topological polar surface area (TPSA) is 107 Å². The Kier molecular flexibility index (Phi) is 4.46. The molecule has 0 aliphatic carbocycles. The number of rotatable bonds is 2. The summed E-state index contributed by atoms with van der Waals surface area (Å²) >= 11 is 0. The number of aromatic hydroxyl groups is 2. The van der Waals surface area contributed by atoms with Crippen molar-refractivity contribution in [3.63, 3.8) is 0 Å². The predicted molar refractivity (Wildman–Crippen MR) is 57.6 cm³/mol. The SMILES string of the molecule is O=S(=O)([O-])Oc1ccc2cc(O)c(O)cc2c1.[Na+]. The van der Waals surface area contributed by atoms with Gasteiger partial charge in [-0.2, -0.15) is 0 Å². The first-order valence-corrected chi connectivity index (χ1v) is 5.79. The van der Waals surface area contributed by atoms with Gasteiger partial charge in [0.1, 0.15) is 5.75 Å². The smallest absolute Gasteiger partial charge is 0.716 e. The van der Waals surface area contributed by atoms with Crippen LogP contribution in [-0.4, -0.2) is 23.2 Å². The molecule has 2 aromatic rings. The third-order valence-corrected chi connectivity index (χ3v) is 2.50. The van der Waals surface area contributed by atoms with E-state index in [9.17, 15) is 23.2 Å². The number of phenolic OH excluding ortho intramolecular Hbond substituents is 2. The summed E-state index contributed by atoms with van der Waals surface area (Å²) in [6.07, 6.45) is 0. The zero-order chi connectivity index (χ0) is 12.6. The normalized spacial score (nSPS) is 10.9. The average molecular weight is 278 g/mol. The zero-order valence-electron chi connectivity index (χ0n) is 9.32. The van der Waals surface area contributed by atoms with Crippen molar-refractivity contribution in [3.8, 4) is 17.2 Å². The molecule has 0 aliphatic heterocycles. The molecule has 0 bridgehead atoms. The van der Waals surface area contributed by atoms with Crippen LogP contribution in [0.4, 0.5) is 0 Å². The summed E-state index contributed by atoms with van der Waals surface area (Å²) in [5, 5.41) is 19.5. The van der Waals surface area contributed by atoms with Crippen LogP contribution in [-0.2, 0) is 10.4 Å². The molecule has 0 amide bonds. The molecule has 0 unspecified atom stereocenters. The van der Waals surface area contributed by atoms with Crippen molar-refractivity contribution < 1.29 is 56.9 Å². The second-order valence-corrected chi connectivity index (χ2v) is 4.32. The minimum Gasteiger partial charge on any atom is -0.716 e. The number of hydrogen-bond acceptors (Lipinski definition) is 6. The van der Waals surface area contributed by atoms with Crippen LogP contribution < -0.4 is 33.7 Å². The molecular formula is C10H7NaO6S. The van der Waals surface area contributed by atoms with Crippen molar-refractivity contribution in [3.05, 3.63) is 30.3 Å². The van der Waals surface area contributed by atoms with E-state index in [1.807, 2.05) is 0 Å². The predicted octanol–water partition coefficient (Wildman–Crippen LogP) is -1.91. The fourth-order valence-electron chi connectivity index (χ4n) is 1.42. The zero-order valence-corrected chi connectivity index (χ0v) is 12.1. The Morgan fingerprint density at radius 1 is 1.00 bits per heavy atom. The monoisotopic (exact) mass is 278 g/mol. The molecule has 90 valence electrons. The average Bonchev–Trinajstić information content (AvgIpc) is 2.18. The molecule has 2 rings (SSSR count). The molecular weight excluding hydrogens is 271 g/mol. The van der Waals surface area contributed by atoms with E-state index in [1.54, 1.807) is 0 Å². The van der Waals surface area contributed by atoms with Gasteiger partial charge >= 0.3 is 29.6 Å². The number of fused-ring (bicyclic) bond motifs is 1.